The number of benzene rings is 1. The number of nitrogens with zero attached hydrogens (tertiary/aromatic N) is 3. The summed E-state index contributed by atoms with van der Waals surface area (Å²) in [7, 11) is 0. The minimum atomic E-state index is -0.361. The van der Waals surface area contributed by atoms with E-state index in [-0.39, 0.29) is 17.4 Å². The zero-order valence-corrected chi connectivity index (χ0v) is 12.3. The minimum absolute atomic E-state index is 0.193. The summed E-state index contributed by atoms with van der Waals surface area (Å²) in [5.74, 6) is -0.0945. The number of hydrogen-bond donors (Lipinski definition) is 2. The molecule has 2 heterocycles. The van der Waals surface area contributed by atoms with Gasteiger partial charge in [-0.25, -0.2) is 0 Å². The highest BCUT2D eigenvalue weighted by molar-refractivity contribution is 9.10. The van der Waals surface area contributed by atoms with E-state index in [0.29, 0.717) is 11.2 Å². The van der Waals surface area contributed by atoms with Crippen LogP contribution in [0.3, 0.4) is 0 Å². The number of aromatic nitrogens is 3. The molecule has 0 saturated carbocycles. The molecule has 7 heteroatoms. The van der Waals surface area contributed by atoms with Gasteiger partial charge in [0, 0.05) is 16.1 Å². The van der Waals surface area contributed by atoms with Crippen LogP contribution in [0.4, 0.5) is 11.5 Å². The molecule has 0 bridgehead atoms. The second kappa shape index (κ2) is 5.45. The molecule has 3 aromatic rings. The standard InChI is InChI=1S/C14H10BrN5O/c15-9-6-8-2-1-3-10(13(8)17-7-9)18-14(21)11-4-5-12(16)20-19-11/h1-7H,(H2,16,20)(H,18,21). The van der Waals surface area contributed by atoms with E-state index in [0.717, 1.165) is 9.86 Å². The van der Waals surface area contributed by atoms with E-state index in [4.69, 9.17) is 5.73 Å². The van der Waals surface area contributed by atoms with E-state index in [2.05, 4.69) is 36.4 Å². The third-order valence-corrected chi connectivity index (χ3v) is 3.28. The molecule has 0 spiro atoms. The maximum Gasteiger partial charge on any atom is 0.276 e. The van der Waals surface area contributed by atoms with Crippen LogP contribution >= 0.6 is 15.9 Å². The number of nitrogens with two attached hydrogens (primary N) is 1. The maximum atomic E-state index is 12.1. The summed E-state index contributed by atoms with van der Waals surface area (Å²) in [4.78, 5) is 16.5. The van der Waals surface area contributed by atoms with Gasteiger partial charge in [-0.15, -0.1) is 10.2 Å². The van der Waals surface area contributed by atoms with Crippen molar-refractivity contribution in [2.24, 2.45) is 0 Å². The molecule has 104 valence electrons. The molecule has 2 aromatic heterocycles. The number of carbonyl (C=O) groups excluding carboxylic acids is 1. The lowest BCUT2D eigenvalue weighted by Gasteiger charge is -2.07. The molecule has 0 fully saturated rings. The van der Waals surface area contributed by atoms with E-state index in [1.54, 1.807) is 12.3 Å². The van der Waals surface area contributed by atoms with Crippen molar-refractivity contribution in [2.75, 3.05) is 11.1 Å². The molecule has 3 rings (SSSR count). The monoisotopic (exact) mass is 343 g/mol. The molecule has 21 heavy (non-hydrogen) atoms. The Labute approximate surface area is 128 Å². The van der Waals surface area contributed by atoms with Crippen molar-refractivity contribution in [3.8, 4) is 0 Å². The van der Waals surface area contributed by atoms with Crippen LogP contribution in [0.5, 0.6) is 0 Å². The highest BCUT2D eigenvalue weighted by Crippen LogP contribution is 2.24. The Balaban J connectivity index is 1.94. The SMILES string of the molecule is Nc1ccc(C(=O)Nc2cccc3cc(Br)cnc23)nn1. The Morgan fingerprint density at radius 1 is 1.19 bits per heavy atom. The van der Waals surface area contributed by atoms with Crippen molar-refractivity contribution >= 4 is 44.2 Å². The van der Waals surface area contributed by atoms with Gasteiger partial charge in [0.1, 0.15) is 5.82 Å². The van der Waals surface area contributed by atoms with Crippen molar-refractivity contribution < 1.29 is 4.79 Å². The van der Waals surface area contributed by atoms with Crippen molar-refractivity contribution in [1.29, 1.82) is 0 Å². The minimum Gasteiger partial charge on any atom is -0.382 e. The zero-order valence-electron chi connectivity index (χ0n) is 10.7. The Hall–Kier alpha value is -2.54. The van der Waals surface area contributed by atoms with Crippen LogP contribution in [0.2, 0.25) is 0 Å². The fourth-order valence-corrected chi connectivity index (χ4v) is 2.23. The van der Waals surface area contributed by atoms with E-state index < -0.39 is 0 Å². The summed E-state index contributed by atoms with van der Waals surface area (Å²) in [6.07, 6.45) is 1.68. The number of carbonyl (C=O) groups is 1. The molecule has 0 unspecified atom stereocenters. The summed E-state index contributed by atoms with van der Waals surface area (Å²) in [6, 6.07) is 10.5. The lowest BCUT2D eigenvalue weighted by atomic mass is 10.2. The molecule has 1 amide bonds. The third kappa shape index (κ3) is 2.82. The van der Waals surface area contributed by atoms with E-state index in [9.17, 15) is 4.79 Å². The Morgan fingerprint density at radius 3 is 2.81 bits per heavy atom. The van der Waals surface area contributed by atoms with Crippen LogP contribution < -0.4 is 11.1 Å². The molecular weight excluding hydrogens is 334 g/mol. The number of fused-ring (bicyclic) bond motifs is 1. The van der Waals surface area contributed by atoms with Gasteiger partial charge in [-0.3, -0.25) is 9.78 Å². The molecule has 0 atom stereocenters. The number of hydrogen-bond acceptors (Lipinski definition) is 5. The number of anilines is 2. The maximum absolute atomic E-state index is 12.1. The first-order valence-electron chi connectivity index (χ1n) is 6.08. The first-order chi connectivity index (χ1) is 10.1. The van der Waals surface area contributed by atoms with Crippen LogP contribution in [-0.4, -0.2) is 21.1 Å². The highest BCUT2D eigenvalue weighted by Gasteiger charge is 2.11. The van der Waals surface area contributed by atoms with Crippen molar-refractivity contribution in [1.82, 2.24) is 15.2 Å². The molecule has 1 aromatic carbocycles. The van der Waals surface area contributed by atoms with Gasteiger partial charge in [0.15, 0.2) is 5.69 Å². The van der Waals surface area contributed by atoms with Gasteiger partial charge in [0.2, 0.25) is 0 Å². The second-order valence-electron chi connectivity index (χ2n) is 4.33. The molecule has 0 aliphatic rings. The Morgan fingerprint density at radius 2 is 2.05 bits per heavy atom. The van der Waals surface area contributed by atoms with Gasteiger partial charge in [-0.05, 0) is 40.2 Å². The molecule has 3 N–H and O–H groups in total. The Kier molecular flexibility index (Phi) is 3.49. The lowest BCUT2D eigenvalue weighted by Crippen LogP contribution is -2.15. The first kappa shape index (κ1) is 13.4. The van der Waals surface area contributed by atoms with Crippen molar-refractivity contribution in [3.63, 3.8) is 0 Å². The topological polar surface area (TPSA) is 93.8 Å². The molecule has 0 aliphatic carbocycles. The van der Waals surface area contributed by atoms with Crippen molar-refractivity contribution in [3.05, 3.63) is 52.8 Å². The Bertz CT molecular complexity index is 819. The van der Waals surface area contributed by atoms with Gasteiger partial charge < -0.3 is 11.1 Å². The average Bonchev–Trinajstić information content (AvgIpc) is 2.47. The van der Waals surface area contributed by atoms with Crippen LogP contribution in [0, 0.1) is 0 Å². The summed E-state index contributed by atoms with van der Waals surface area (Å²) >= 11 is 3.37. The normalized spacial score (nSPS) is 10.5. The smallest absolute Gasteiger partial charge is 0.276 e. The quantitative estimate of drug-likeness (QED) is 0.745. The lowest BCUT2D eigenvalue weighted by molar-refractivity contribution is 0.102. The summed E-state index contributed by atoms with van der Waals surface area (Å²) in [5.41, 5.74) is 6.96. The molecular formula is C14H10BrN5O. The number of para-hydroxylation sites is 1. The van der Waals surface area contributed by atoms with E-state index in [1.807, 2.05) is 18.2 Å². The fourth-order valence-electron chi connectivity index (χ4n) is 1.88. The van der Waals surface area contributed by atoms with E-state index >= 15 is 0 Å². The van der Waals surface area contributed by atoms with Crippen LogP contribution in [0.25, 0.3) is 10.9 Å². The fraction of sp³-hybridized carbons (Fsp3) is 0. The van der Waals surface area contributed by atoms with E-state index in [1.165, 1.54) is 12.1 Å². The van der Waals surface area contributed by atoms with Gasteiger partial charge in [0.25, 0.3) is 5.91 Å². The van der Waals surface area contributed by atoms with Gasteiger partial charge in [-0.1, -0.05) is 12.1 Å². The number of nitrogens with one attached hydrogen (secondary N) is 1. The number of amides is 1. The van der Waals surface area contributed by atoms with Crippen LogP contribution in [0.1, 0.15) is 10.5 Å². The summed E-state index contributed by atoms with van der Waals surface area (Å²) in [5, 5.41) is 11.1. The van der Waals surface area contributed by atoms with Gasteiger partial charge in [0.05, 0.1) is 11.2 Å². The van der Waals surface area contributed by atoms with Crippen LogP contribution in [0.15, 0.2) is 47.1 Å². The number of halogens is 1. The molecule has 0 saturated heterocycles. The number of nitrogen functional groups attached to an aromatic ring is 1. The number of pyridine rings is 1. The largest absolute Gasteiger partial charge is 0.382 e. The summed E-state index contributed by atoms with van der Waals surface area (Å²) in [6.45, 7) is 0. The predicted octanol–water partition coefficient (Wildman–Crippen LogP) is 2.62. The first-order valence-corrected chi connectivity index (χ1v) is 6.87. The highest BCUT2D eigenvalue weighted by atomic mass is 79.9. The van der Waals surface area contributed by atoms with Crippen LogP contribution in [-0.2, 0) is 0 Å². The zero-order chi connectivity index (χ0) is 14.8. The molecule has 6 nitrogen and oxygen atoms in total. The molecule has 0 radical (unpaired) electrons. The number of rotatable bonds is 2. The second-order valence-corrected chi connectivity index (χ2v) is 5.24. The van der Waals surface area contributed by atoms with Gasteiger partial charge >= 0.3 is 0 Å². The third-order valence-electron chi connectivity index (χ3n) is 2.84. The van der Waals surface area contributed by atoms with Crippen molar-refractivity contribution in [2.45, 2.75) is 0 Å². The summed E-state index contributed by atoms with van der Waals surface area (Å²) < 4.78 is 0.878. The van der Waals surface area contributed by atoms with Gasteiger partial charge in [-0.2, -0.15) is 0 Å². The predicted molar refractivity (Wildman–Crippen MR) is 83.8 cm³/mol. The average molecular weight is 344 g/mol. The molecule has 0 aliphatic heterocycles.